The largest absolute Gasteiger partial charge is 0.323 e. The third-order valence-corrected chi connectivity index (χ3v) is 2.98. The summed E-state index contributed by atoms with van der Waals surface area (Å²) < 4.78 is 0. The van der Waals surface area contributed by atoms with Crippen LogP contribution in [0.5, 0.6) is 0 Å². The van der Waals surface area contributed by atoms with Crippen molar-refractivity contribution in [3.05, 3.63) is 36.9 Å². The lowest BCUT2D eigenvalue weighted by Crippen LogP contribution is -2.41. The smallest absolute Gasteiger partial charge is 0.240 e. The Bertz CT molecular complexity index is 457. The maximum atomic E-state index is 12.1. The summed E-state index contributed by atoms with van der Waals surface area (Å²) in [5.41, 5.74) is 0.137. The van der Waals surface area contributed by atoms with Crippen LogP contribution in [0.1, 0.15) is 13.3 Å². The average Bonchev–Trinajstić information content (AvgIpc) is 2.39. The summed E-state index contributed by atoms with van der Waals surface area (Å²) in [5, 5.41) is 5.52. The number of carbonyl (C=O) groups is 2. The molecule has 0 unspecified atom stereocenters. The van der Waals surface area contributed by atoms with Gasteiger partial charge in [-0.3, -0.25) is 9.59 Å². The second kappa shape index (κ2) is 4.05. The summed E-state index contributed by atoms with van der Waals surface area (Å²) >= 11 is 0. The predicted octanol–water partition coefficient (Wildman–Crippen LogP) is 2.16. The highest BCUT2D eigenvalue weighted by molar-refractivity contribution is 6.18. The average molecular weight is 230 g/mol. The van der Waals surface area contributed by atoms with Gasteiger partial charge in [0.25, 0.3) is 0 Å². The van der Waals surface area contributed by atoms with E-state index in [9.17, 15) is 9.59 Å². The van der Waals surface area contributed by atoms with Crippen molar-refractivity contribution in [3.8, 4) is 0 Å². The molecular weight excluding hydrogens is 216 g/mol. The van der Waals surface area contributed by atoms with Gasteiger partial charge in [0.1, 0.15) is 5.41 Å². The van der Waals surface area contributed by atoms with Crippen LogP contribution >= 0.6 is 0 Å². The SMILES string of the molecule is C=CCC1(C)C(=O)Nc2ccccc2NC1=O. The summed E-state index contributed by atoms with van der Waals surface area (Å²) in [5.74, 6) is -0.611. The van der Waals surface area contributed by atoms with Crippen molar-refractivity contribution >= 4 is 23.2 Å². The van der Waals surface area contributed by atoms with E-state index in [0.717, 1.165) is 0 Å². The summed E-state index contributed by atoms with van der Waals surface area (Å²) in [6.45, 7) is 5.20. The number of anilines is 2. The van der Waals surface area contributed by atoms with Gasteiger partial charge in [0.15, 0.2) is 0 Å². The second-order valence-electron chi connectivity index (χ2n) is 4.28. The van der Waals surface area contributed by atoms with Crippen molar-refractivity contribution in [2.45, 2.75) is 13.3 Å². The predicted molar refractivity (Wildman–Crippen MR) is 66.6 cm³/mol. The molecule has 2 N–H and O–H groups in total. The normalized spacial score (nSPS) is 17.5. The lowest BCUT2D eigenvalue weighted by Gasteiger charge is -2.22. The Balaban J connectivity index is 2.44. The van der Waals surface area contributed by atoms with Gasteiger partial charge in [-0.25, -0.2) is 0 Å². The van der Waals surface area contributed by atoms with E-state index in [1.165, 1.54) is 0 Å². The zero-order valence-corrected chi connectivity index (χ0v) is 9.62. The third kappa shape index (κ3) is 1.82. The maximum Gasteiger partial charge on any atom is 0.240 e. The van der Waals surface area contributed by atoms with Gasteiger partial charge in [0, 0.05) is 0 Å². The van der Waals surface area contributed by atoms with Crippen molar-refractivity contribution in [2.75, 3.05) is 10.6 Å². The highest BCUT2D eigenvalue weighted by Crippen LogP contribution is 2.33. The standard InChI is InChI=1S/C13H14N2O2/c1-3-8-13(2)11(16)14-9-6-4-5-7-10(9)15-12(13)17/h3-7H,1,8H2,2H3,(H,14,16)(H,15,17). The fourth-order valence-electron chi connectivity index (χ4n) is 1.80. The molecule has 0 saturated heterocycles. The Morgan fingerprint density at radius 2 is 1.65 bits per heavy atom. The van der Waals surface area contributed by atoms with Gasteiger partial charge in [0.05, 0.1) is 11.4 Å². The van der Waals surface area contributed by atoms with E-state index in [-0.39, 0.29) is 11.8 Å². The quantitative estimate of drug-likeness (QED) is 0.604. The molecule has 0 atom stereocenters. The van der Waals surface area contributed by atoms with Gasteiger partial charge >= 0.3 is 0 Å². The second-order valence-corrected chi connectivity index (χ2v) is 4.28. The van der Waals surface area contributed by atoms with Crippen LogP contribution in [-0.4, -0.2) is 11.8 Å². The van der Waals surface area contributed by atoms with E-state index in [1.54, 1.807) is 37.3 Å². The monoisotopic (exact) mass is 230 g/mol. The molecule has 4 nitrogen and oxygen atoms in total. The first kappa shape index (κ1) is 11.4. The van der Waals surface area contributed by atoms with Crippen LogP contribution in [0.15, 0.2) is 36.9 Å². The van der Waals surface area contributed by atoms with Gasteiger partial charge in [-0.05, 0) is 25.5 Å². The van der Waals surface area contributed by atoms with Crippen molar-refractivity contribution in [1.29, 1.82) is 0 Å². The van der Waals surface area contributed by atoms with E-state index in [0.29, 0.717) is 17.8 Å². The number of hydrogen-bond donors (Lipinski definition) is 2. The minimum absolute atomic E-state index is 0.304. The number of amides is 2. The van der Waals surface area contributed by atoms with Crippen molar-refractivity contribution in [1.82, 2.24) is 0 Å². The number of benzene rings is 1. The molecule has 1 aliphatic rings. The lowest BCUT2D eigenvalue weighted by atomic mass is 9.85. The first-order valence-electron chi connectivity index (χ1n) is 5.41. The van der Waals surface area contributed by atoms with Crippen LogP contribution in [-0.2, 0) is 9.59 Å². The van der Waals surface area contributed by atoms with Gasteiger partial charge < -0.3 is 10.6 Å². The Labute approximate surface area is 99.7 Å². The molecule has 0 spiro atoms. The topological polar surface area (TPSA) is 58.2 Å². The van der Waals surface area contributed by atoms with Crippen LogP contribution in [0.2, 0.25) is 0 Å². The van der Waals surface area contributed by atoms with Crippen LogP contribution in [0.25, 0.3) is 0 Å². The highest BCUT2D eigenvalue weighted by atomic mass is 16.2. The number of carbonyl (C=O) groups excluding carboxylic acids is 2. The molecule has 0 bridgehead atoms. The summed E-state index contributed by atoms with van der Waals surface area (Å²) in [6, 6.07) is 7.13. The van der Waals surface area contributed by atoms with Gasteiger partial charge in [-0.15, -0.1) is 6.58 Å². The molecule has 2 rings (SSSR count). The lowest BCUT2D eigenvalue weighted by molar-refractivity contribution is -0.135. The van der Waals surface area contributed by atoms with Gasteiger partial charge in [-0.1, -0.05) is 18.2 Å². The molecule has 4 heteroatoms. The molecule has 0 radical (unpaired) electrons. The van der Waals surface area contributed by atoms with Crippen LogP contribution in [0.4, 0.5) is 11.4 Å². The molecule has 1 aliphatic heterocycles. The molecule has 0 aromatic heterocycles. The molecule has 0 saturated carbocycles. The number of para-hydroxylation sites is 2. The van der Waals surface area contributed by atoms with E-state index in [2.05, 4.69) is 17.2 Å². The minimum Gasteiger partial charge on any atom is -0.323 e. The summed E-state index contributed by atoms with van der Waals surface area (Å²) in [6.07, 6.45) is 1.88. The Hall–Kier alpha value is -2.10. The molecule has 2 amide bonds. The molecule has 1 aromatic carbocycles. The van der Waals surface area contributed by atoms with E-state index in [4.69, 9.17) is 0 Å². The first-order valence-corrected chi connectivity index (χ1v) is 5.41. The molecule has 0 fully saturated rings. The number of nitrogens with one attached hydrogen (secondary N) is 2. The van der Waals surface area contributed by atoms with Gasteiger partial charge in [-0.2, -0.15) is 0 Å². The van der Waals surface area contributed by atoms with Crippen LogP contribution in [0.3, 0.4) is 0 Å². The molecule has 1 aromatic rings. The maximum absolute atomic E-state index is 12.1. The Kier molecular flexibility index (Phi) is 2.71. The van der Waals surface area contributed by atoms with E-state index >= 15 is 0 Å². The molecular formula is C13H14N2O2. The van der Waals surface area contributed by atoms with E-state index < -0.39 is 5.41 Å². The fourth-order valence-corrected chi connectivity index (χ4v) is 1.80. The number of fused-ring (bicyclic) bond motifs is 1. The van der Waals surface area contributed by atoms with Crippen molar-refractivity contribution < 1.29 is 9.59 Å². The fraction of sp³-hybridized carbons (Fsp3) is 0.231. The van der Waals surface area contributed by atoms with Crippen LogP contribution in [0, 0.1) is 5.41 Å². The number of allylic oxidation sites excluding steroid dienone is 1. The van der Waals surface area contributed by atoms with Crippen LogP contribution < -0.4 is 10.6 Å². The zero-order valence-electron chi connectivity index (χ0n) is 9.62. The molecule has 88 valence electrons. The van der Waals surface area contributed by atoms with Crippen molar-refractivity contribution in [3.63, 3.8) is 0 Å². The van der Waals surface area contributed by atoms with Gasteiger partial charge in [0.2, 0.25) is 11.8 Å². The third-order valence-electron chi connectivity index (χ3n) is 2.98. The first-order chi connectivity index (χ1) is 8.08. The Morgan fingerprint density at radius 3 is 2.06 bits per heavy atom. The van der Waals surface area contributed by atoms with E-state index in [1.807, 2.05) is 0 Å². The zero-order chi connectivity index (χ0) is 12.5. The molecule has 1 heterocycles. The van der Waals surface area contributed by atoms with Crippen molar-refractivity contribution in [2.24, 2.45) is 5.41 Å². The molecule has 0 aliphatic carbocycles. The number of hydrogen-bond acceptors (Lipinski definition) is 2. The molecule has 17 heavy (non-hydrogen) atoms. The summed E-state index contributed by atoms with van der Waals surface area (Å²) in [7, 11) is 0. The summed E-state index contributed by atoms with van der Waals surface area (Å²) in [4.78, 5) is 24.2. The Morgan fingerprint density at radius 1 is 1.18 bits per heavy atom. The highest BCUT2D eigenvalue weighted by Gasteiger charge is 2.42. The number of rotatable bonds is 2. The minimum atomic E-state index is -1.11.